The summed E-state index contributed by atoms with van der Waals surface area (Å²) in [7, 11) is 1.99. The zero-order chi connectivity index (χ0) is 13.0. The lowest BCUT2D eigenvalue weighted by atomic mass is 9.93. The third kappa shape index (κ3) is 3.09. The average molecular weight is 267 g/mol. The molecule has 100 valence electrons. The quantitative estimate of drug-likeness (QED) is 0.906. The van der Waals surface area contributed by atoms with E-state index in [1.807, 2.05) is 18.9 Å². The summed E-state index contributed by atoms with van der Waals surface area (Å²) in [6, 6.07) is 0. The molecule has 1 aliphatic rings. The average Bonchev–Trinajstić information content (AvgIpc) is 2.82. The molecule has 1 aromatic rings. The molecular weight excluding hydrogens is 246 g/mol. The second-order valence-corrected chi connectivity index (χ2v) is 5.75. The highest BCUT2D eigenvalue weighted by Gasteiger charge is 2.25. The topological polar surface area (TPSA) is 45.2 Å². The number of hydrogen-bond acceptors (Lipinski definition) is 4. The highest BCUT2D eigenvalue weighted by Crippen LogP contribution is 2.23. The molecule has 1 saturated heterocycles. The van der Waals surface area contributed by atoms with Crippen LogP contribution in [-0.4, -0.2) is 42.5 Å². The van der Waals surface area contributed by atoms with E-state index < -0.39 is 0 Å². The summed E-state index contributed by atoms with van der Waals surface area (Å²) < 4.78 is 0. The third-order valence-corrected chi connectivity index (χ3v) is 4.56. The third-order valence-electron chi connectivity index (χ3n) is 3.64. The molecule has 2 heterocycles. The fourth-order valence-corrected chi connectivity index (χ4v) is 3.19. The van der Waals surface area contributed by atoms with Gasteiger partial charge in [0, 0.05) is 13.1 Å². The Morgan fingerprint density at radius 2 is 2.28 bits per heavy atom. The van der Waals surface area contributed by atoms with Crippen molar-refractivity contribution in [2.24, 2.45) is 5.92 Å². The lowest BCUT2D eigenvalue weighted by molar-refractivity contribution is 0.0691. The van der Waals surface area contributed by atoms with Gasteiger partial charge in [-0.1, -0.05) is 0 Å². The van der Waals surface area contributed by atoms with Crippen molar-refractivity contribution in [3.8, 4) is 0 Å². The van der Waals surface area contributed by atoms with Crippen LogP contribution < -0.4 is 5.32 Å². The number of amides is 1. The van der Waals surface area contributed by atoms with Crippen LogP contribution in [0, 0.1) is 12.8 Å². The molecule has 0 unspecified atom stereocenters. The second-order valence-electron chi connectivity index (χ2n) is 4.89. The fraction of sp³-hybridized carbons (Fsp3) is 0.692. The molecule has 0 bridgehead atoms. The van der Waals surface area contributed by atoms with Crippen LogP contribution in [0.4, 0.5) is 0 Å². The van der Waals surface area contributed by atoms with E-state index in [0.717, 1.165) is 49.0 Å². The zero-order valence-electron chi connectivity index (χ0n) is 11.1. The number of hydrogen-bond donors (Lipinski definition) is 1. The predicted octanol–water partition coefficient (Wildman–Crippen LogP) is 1.91. The van der Waals surface area contributed by atoms with Gasteiger partial charge < -0.3 is 10.2 Å². The Morgan fingerprint density at radius 1 is 1.56 bits per heavy atom. The van der Waals surface area contributed by atoms with Gasteiger partial charge >= 0.3 is 0 Å². The first-order valence-electron chi connectivity index (χ1n) is 6.56. The number of likely N-dealkylation sites (tertiary alicyclic amines) is 1. The van der Waals surface area contributed by atoms with Crippen molar-refractivity contribution in [2.75, 3.05) is 26.7 Å². The van der Waals surface area contributed by atoms with Crippen LogP contribution in [0.1, 0.15) is 34.6 Å². The molecule has 5 heteroatoms. The first kappa shape index (κ1) is 13.5. The summed E-state index contributed by atoms with van der Waals surface area (Å²) in [5.74, 6) is 0.936. The second kappa shape index (κ2) is 6.29. The monoisotopic (exact) mass is 267 g/mol. The molecule has 1 amide bonds. The smallest absolute Gasteiger partial charge is 0.265 e. The van der Waals surface area contributed by atoms with Crippen molar-refractivity contribution in [1.29, 1.82) is 0 Å². The van der Waals surface area contributed by atoms with Gasteiger partial charge in [0.05, 0.1) is 11.2 Å². The van der Waals surface area contributed by atoms with Gasteiger partial charge in [-0.2, -0.15) is 0 Å². The molecule has 0 radical (unpaired) electrons. The molecule has 0 aromatic carbocycles. The molecule has 0 spiro atoms. The highest BCUT2D eigenvalue weighted by atomic mass is 32.1. The van der Waals surface area contributed by atoms with E-state index in [1.54, 1.807) is 5.51 Å². The van der Waals surface area contributed by atoms with Crippen molar-refractivity contribution in [3.63, 3.8) is 0 Å². The van der Waals surface area contributed by atoms with Crippen molar-refractivity contribution in [3.05, 3.63) is 16.1 Å². The van der Waals surface area contributed by atoms with E-state index >= 15 is 0 Å². The number of thiazole rings is 1. The molecule has 0 atom stereocenters. The lowest BCUT2D eigenvalue weighted by Crippen LogP contribution is -2.38. The maximum absolute atomic E-state index is 12.3. The number of rotatable bonds is 4. The van der Waals surface area contributed by atoms with Gasteiger partial charge in [0.2, 0.25) is 0 Å². The Labute approximate surface area is 112 Å². The Balaban J connectivity index is 1.86. The van der Waals surface area contributed by atoms with E-state index in [2.05, 4.69) is 10.3 Å². The van der Waals surface area contributed by atoms with Gasteiger partial charge in [-0.05, 0) is 45.7 Å². The Morgan fingerprint density at radius 3 is 2.83 bits per heavy atom. The summed E-state index contributed by atoms with van der Waals surface area (Å²) in [5, 5.41) is 3.19. The van der Waals surface area contributed by atoms with Gasteiger partial charge in [0.25, 0.3) is 5.91 Å². The maximum Gasteiger partial charge on any atom is 0.265 e. The van der Waals surface area contributed by atoms with Gasteiger partial charge in [-0.3, -0.25) is 4.79 Å². The molecule has 4 nitrogen and oxygen atoms in total. The minimum absolute atomic E-state index is 0.169. The largest absolute Gasteiger partial charge is 0.338 e. The number of aryl methyl sites for hydroxylation is 1. The SMILES string of the molecule is CNCCC1CCN(C(=O)c2scnc2C)CC1. The Kier molecular flexibility index (Phi) is 4.72. The van der Waals surface area contributed by atoms with E-state index in [4.69, 9.17) is 0 Å². The van der Waals surface area contributed by atoms with Crippen LogP contribution in [0.15, 0.2) is 5.51 Å². The number of nitrogens with zero attached hydrogens (tertiary/aromatic N) is 2. The minimum Gasteiger partial charge on any atom is -0.338 e. The summed E-state index contributed by atoms with van der Waals surface area (Å²) in [5.41, 5.74) is 2.62. The molecule has 1 aromatic heterocycles. The first-order chi connectivity index (χ1) is 8.72. The van der Waals surface area contributed by atoms with Crippen LogP contribution >= 0.6 is 11.3 Å². The number of aromatic nitrogens is 1. The van der Waals surface area contributed by atoms with Crippen LogP contribution in [0.5, 0.6) is 0 Å². The van der Waals surface area contributed by atoms with Crippen LogP contribution in [-0.2, 0) is 0 Å². The summed E-state index contributed by atoms with van der Waals surface area (Å²) in [6.07, 6.45) is 3.48. The standard InChI is InChI=1S/C13H21N3OS/c1-10-12(18-9-15-10)13(17)16-7-4-11(5-8-16)3-6-14-2/h9,11,14H,3-8H2,1-2H3. The summed E-state index contributed by atoms with van der Waals surface area (Å²) in [4.78, 5) is 19.2. The number of carbonyl (C=O) groups is 1. The molecule has 2 rings (SSSR count). The fourth-order valence-electron chi connectivity index (χ4n) is 2.42. The Hall–Kier alpha value is -0.940. The zero-order valence-corrected chi connectivity index (χ0v) is 11.9. The molecule has 0 aliphatic carbocycles. The van der Waals surface area contributed by atoms with Gasteiger partial charge in [-0.15, -0.1) is 11.3 Å². The minimum atomic E-state index is 0.169. The van der Waals surface area contributed by atoms with E-state index in [9.17, 15) is 4.79 Å². The molecule has 0 saturated carbocycles. The first-order valence-corrected chi connectivity index (χ1v) is 7.44. The van der Waals surface area contributed by atoms with Crippen LogP contribution in [0.2, 0.25) is 0 Å². The van der Waals surface area contributed by atoms with Crippen LogP contribution in [0.3, 0.4) is 0 Å². The normalized spacial score (nSPS) is 17.1. The molecular formula is C13H21N3OS. The van der Waals surface area contributed by atoms with E-state index in [1.165, 1.54) is 17.8 Å². The van der Waals surface area contributed by atoms with Crippen molar-refractivity contribution >= 4 is 17.2 Å². The molecule has 1 fully saturated rings. The summed E-state index contributed by atoms with van der Waals surface area (Å²) >= 11 is 1.45. The predicted molar refractivity (Wildman–Crippen MR) is 74.0 cm³/mol. The van der Waals surface area contributed by atoms with Crippen molar-refractivity contribution in [2.45, 2.75) is 26.2 Å². The Bertz CT molecular complexity index is 397. The number of piperidine rings is 1. The van der Waals surface area contributed by atoms with E-state index in [0.29, 0.717) is 0 Å². The molecule has 1 N–H and O–H groups in total. The van der Waals surface area contributed by atoms with Gasteiger partial charge in [-0.25, -0.2) is 4.98 Å². The molecule has 1 aliphatic heterocycles. The summed E-state index contributed by atoms with van der Waals surface area (Å²) in [6.45, 7) is 4.77. The van der Waals surface area contributed by atoms with E-state index in [-0.39, 0.29) is 5.91 Å². The number of nitrogens with one attached hydrogen (secondary N) is 1. The number of carbonyl (C=O) groups excluding carboxylic acids is 1. The van der Waals surface area contributed by atoms with Crippen molar-refractivity contribution < 1.29 is 4.79 Å². The maximum atomic E-state index is 12.3. The highest BCUT2D eigenvalue weighted by molar-refractivity contribution is 7.11. The van der Waals surface area contributed by atoms with Gasteiger partial charge in [0.1, 0.15) is 4.88 Å². The molecule has 18 heavy (non-hydrogen) atoms. The van der Waals surface area contributed by atoms with Gasteiger partial charge in [0.15, 0.2) is 0 Å². The lowest BCUT2D eigenvalue weighted by Gasteiger charge is -2.31. The van der Waals surface area contributed by atoms with Crippen molar-refractivity contribution in [1.82, 2.24) is 15.2 Å². The van der Waals surface area contributed by atoms with Crippen LogP contribution in [0.25, 0.3) is 0 Å².